The highest BCUT2D eigenvalue weighted by molar-refractivity contribution is 6.73. The summed E-state index contributed by atoms with van der Waals surface area (Å²) in [5.41, 5.74) is 1.21. The predicted molar refractivity (Wildman–Crippen MR) is 96.1 cm³/mol. The third-order valence-corrected chi connectivity index (χ3v) is 4.97. The summed E-state index contributed by atoms with van der Waals surface area (Å²) in [6.07, 6.45) is 0.114. The van der Waals surface area contributed by atoms with Crippen molar-refractivity contribution in [3.8, 4) is 5.75 Å². The molecule has 120 valence electrons. The smallest absolute Gasteiger partial charge is 0.242 e. The number of ether oxygens (including phenoxy) is 1. The van der Waals surface area contributed by atoms with Crippen molar-refractivity contribution >= 4 is 16.6 Å². The number of hydrogen-bond acceptors (Lipinski definition) is 3. The Balaban J connectivity index is 2.75. The van der Waals surface area contributed by atoms with Crippen LogP contribution in [0.4, 0.5) is 0 Å². The molecule has 5 heteroatoms. The summed E-state index contributed by atoms with van der Waals surface area (Å²) in [5.74, 6) is 0.964. The van der Waals surface area contributed by atoms with E-state index in [4.69, 9.17) is 9.16 Å². The molecule has 21 heavy (non-hydrogen) atoms. The van der Waals surface area contributed by atoms with Crippen LogP contribution in [0.25, 0.3) is 0 Å². The maximum atomic E-state index is 6.00. The second-order valence-electron chi connectivity index (χ2n) is 7.36. The van der Waals surface area contributed by atoms with Gasteiger partial charge in [0.1, 0.15) is 14.0 Å². The molecule has 0 fully saturated rings. The molecule has 0 aromatic heterocycles. The first-order chi connectivity index (χ1) is 9.61. The SMILES string of the molecule is CCOC(CN[Si](C)(C)C)c1ccc(O[Si](C)(C)C)cc1. The fourth-order valence-corrected chi connectivity index (χ4v) is 3.62. The lowest BCUT2D eigenvalue weighted by molar-refractivity contribution is 0.0657. The summed E-state index contributed by atoms with van der Waals surface area (Å²) < 4.78 is 11.9. The van der Waals surface area contributed by atoms with Crippen molar-refractivity contribution in [1.82, 2.24) is 4.98 Å². The van der Waals surface area contributed by atoms with Crippen LogP contribution in [0.2, 0.25) is 39.3 Å². The van der Waals surface area contributed by atoms with Gasteiger partial charge in [-0.15, -0.1) is 0 Å². The van der Waals surface area contributed by atoms with Crippen LogP contribution in [0.1, 0.15) is 18.6 Å². The van der Waals surface area contributed by atoms with Crippen LogP contribution in [0.15, 0.2) is 24.3 Å². The Kier molecular flexibility index (Phi) is 6.65. The van der Waals surface area contributed by atoms with Crippen LogP contribution in [-0.4, -0.2) is 29.7 Å². The monoisotopic (exact) mass is 325 g/mol. The van der Waals surface area contributed by atoms with Crippen molar-refractivity contribution in [3.63, 3.8) is 0 Å². The van der Waals surface area contributed by atoms with E-state index in [1.807, 2.05) is 6.92 Å². The van der Waals surface area contributed by atoms with Gasteiger partial charge in [0.05, 0.1) is 6.10 Å². The summed E-state index contributed by atoms with van der Waals surface area (Å²) in [6, 6.07) is 8.38. The molecule has 0 aliphatic carbocycles. The minimum atomic E-state index is -1.54. The van der Waals surface area contributed by atoms with E-state index in [-0.39, 0.29) is 6.10 Å². The maximum absolute atomic E-state index is 6.00. The van der Waals surface area contributed by atoms with Gasteiger partial charge in [-0.2, -0.15) is 0 Å². The summed E-state index contributed by atoms with van der Waals surface area (Å²) in [4.78, 5) is 3.65. The number of rotatable bonds is 8. The topological polar surface area (TPSA) is 30.5 Å². The highest BCUT2D eigenvalue weighted by atomic mass is 28.4. The predicted octanol–water partition coefficient (Wildman–Crippen LogP) is 4.40. The van der Waals surface area contributed by atoms with E-state index in [0.717, 1.165) is 18.9 Å². The van der Waals surface area contributed by atoms with Gasteiger partial charge < -0.3 is 14.1 Å². The quantitative estimate of drug-likeness (QED) is 0.719. The van der Waals surface area contributed by atoms with Crippen LogP contribution in [0.3, 0.4) is 0 Å². The van der Waals surface area contributed by atoms with E-state index in [0.29, 0.717) is 0 Å². The molecule has 1 aromatic rings. The summed E-state index contributed by atoms with van der Waals surface area (Å²) in [6.45, 7) is 17.2. The van der Waals surface area contributed by atoms with E-state index in [1.165, 1.54) is 5.56 Å². The minimum Gasteiger partial charge on any atom is -0.544 e. The Morgan fingerprint density at radius 3 is 2.00 bits per heavy atom. The molecule has 0 bridgehead atoms. The number of hydrogen-bond donors (Lipinski definition) is 1. The highest BCUT2D eigenvalue weighted by Gasteiger charge is 2.19. The highest BCUT2D eigenvalue weighted by Crippen LogP contribution is 2.22. The van der Waals surface area contributed by atoms with Gasteiger partial charge in [-0.3, -0.25) is 0 Å². The van der Waals surface area contributed by atoms with Gasteiger partial charge in [-0.05, 0) is 44.3 Å². The van der Waals surface area contributed by atoms with Crippen molar-refractivity contribution in [2.45, 2.75) is 52.3 Å². The molecule has 1 aromatic carbocycles. The molecule has 1 unspecified atom stereocenters. The molecule has 0 radical (unpaired) electrons. The molecular formula is C16H31NO2Si2. The van der Waals surface area contributed by atoms with E-state index in [9.17, 15) is 0 Å². The molecule has 0 aliphatic heterocycles. The van der Waals surface area contributed by atoms with Gasteiger partial charge in [0.2, 0.25) is 8.32 Å². The summed E-state index contributed by atoms with van der Waals surface area (Å²) in [7, 11) is -2.81. The molecule has 0 amide bonds. The van der Waals surface area contributed by atoms with Gasteiger partial charge in [-0.25, -0.2) is 0 Å². The summed E-state index contributed by atoms with van der Waals surface area (Å²) in [5, 5.41) is 0. The number of nitrogens with one attached hydrogen (secondary N) is 1. The average Bonchev–Trinajstić information content (AvgIpc) is 2.32. The first-order valence-corrected chi connectivity index (χ1v) is 14.7. The Labute approximate surface area is 132 Å². The molecule has 1 atom stereocenters. The van der Waals surface area contributed by atoms with E-state index >= 15 is 0 Å². The molecule has 1 rings (SSSR count). The molecule has 1 N–H and O–H groups in total. The second kappa shape index (κ2) is 7.58. The van der Waals surface area contributed by atoms with E-state index < -0.39 is 16.6 Å². The molecule has 0 saturated carbocycles. The fraction of sp³-hybridized carbons (Fsp3) is 0.625. The largest absolute Gasteiger partial charge is 0.544 e. The molecular weight excluding hydrogens is 294 g/mol. The van der Waals surface area contributed by atoms with Crippen LogP contribution in [-0.2, 0) is 4.74 Å². The van der Waals surface area contributed by atoms with Gasteiger partial charge in [0.25, 0.3) is 0 Å². The third kappa shape index (κ3) is 7.80. The van der Waals surface area contributed by atoms with Crippen molar-refractivity contribution in [2.75, 3.05) is 13.2 Å². The third-order valence-electron chi connectivity index (χ3n) is 2.86. The first-order valence-electron chi connectivity index (χ1n) is 7.76. The van der Waals surface area contributed by atoms with Crippen LogP contribution >= 0.6 is 0 Å². The molecule has 3 nitrogen and oxygen atoms in total. The van der Waals surface area contributed by atoms with Crippen molar-refractivity contribution in [1.29, 1.82) is 0 Å². The normalized spacial score (nSPS) is 14.0. The number of benzene rings is 1. The molecule has 0 saturated heterocycles. The Morgan fingerprint density at radius 2 is 1.57 bits per heavy atom. The zero-order valence-corrected chi connectivity index (χ0v) is 16.6. The van der Waals surface area contributed by atoms with Gasteiger partial charge >= 0.3 is 0 Å². The van der Waals surface area contributed by atoms with Crippen LogP contribution in [0, 0.1) is 0 Å². The zero-order valence-electron chi connectivity index (χ0n) is 14.6. The minimum absolute atomic E-state index is 0.114. The Hall–Kier alpha value is -0.626. The fourth-order valence-electron chi connectivity index (χ4n) is 1.98. The van der Waals surface area contributed by atoms with Gasteiger partial charge in [-0.1, -0.05) is 31.8 Å². The molecule has 0 heterocycles. The van der Waals surface area contributed by atoms with Crippen molar-refractivity contribution < 1.29 is 9.16 Å². The first kappa shape index (κ1) is 18.4. The van der Waals surface area contributed by atoms with Gasteiger partial charge in [0.15, 0.2) is 0 Å². The Bertz CT molecular complexity index is 421. The van der Waals surface area contributed by atoms with Crippen molar-refractivity contribution in [2.24, 2.45) is 0 Å². The zero-order chi connectivity index (χ0) is 16.1. The molecule has 0 aliphatic rings. The van der Waals surface area contributed by atoms with Crippen molar-refractivity contribution in [3.05, 3.63) is 29.8 Å². The maximum Gasteiger partial charge on any atom is 0.242 e. The Morgan fingerprint density at radius 1 is 1.00 bits per heavy atom. The van der Waals surface area contributed by atoms with E-state index in [2.05, 4.69) is 68.5 Å². The average molecular weight is 326 g/mol. The molecule has 0 spiro atoms. The lowest BCUT2D eigenvalue weighted by atomic mass is 10.1. The van der Waals surface area contributed by atoms with Gasteiger partial charge in [0, 0.05) is 13.2 Å². The van der Waals surface area contributed by atoms with Crippen LogP contribution in [0.5, 0.6) is 5.75 Å². The lowest BCUT2D eigenvalue weighted by Gasteiger charge is -2.25. The standard InChI is InChI=1S/C16H31NO2Si2/c1-8-18-16(13-17-20(2,3)4)14-9-11-15(12-10-14)19-21(5,6)7/h9-12,16-17H,8,13H2,1-7H3. The van der Waals surface area contributed by atoms with Crippen LogP contribution < -0.4 is 9.41 Å². The lowest BCUT2D eigenvalue weighted by Crippen LogP contribution is -2.43. The summed E-state index contributed by atoms with van der Waals surface area (Å²) >= 11 is 0. The second-order valence-corrected chi connectivity index (χ2v) is 16.6. The van der Waals surface area contributed by atoms with E-state index in [1.54, 1.807) is 0 Å².